The summed E-state index contributed by atoms with van der Waals surface area (Å²) in [6, 6.07) is -0.338. The first-order chi connectivity index (χ1) is 8.07. The summed E-state index contributed by atoms with van der Waals surface area (Å²) < 4.78 is 0. The second kappa shape index (κ2) is 7.27. The second-order valence-corrected chi connectivity index (χ2v) is 6.46. The molecule has 1 amide bonds. The van der Waals surface area contributed by atoms with Crippen molar-refractivity contribution in [2.45, 2.75) is 51.5 Å². The molecule has 0 spiro atoms. The van der Waals surface area contributed by atoms with Gasteiger partial charge in [0.2, 0.25) is 5.91 Å². The number of hydrogen-bond acceptors (Lipinski definition) is 3. The number of hydrogen-bond donors (Lipinski definition) is 2. The smallest absolute Gasteiger partial charge is 0.236 e. The standard InChI is InChI=1S/C13H26N2OS/c1-13(7-4-3-5-8-13)10-15-12(16)11(14)6-9-17-2/h11H,3-10,14H2,1-2H3,(H,15,16)/t11-/m1/s1. The first-order valence-electron chi connectivity index (χ1n) is 6.60. The van der Waals surface area contributed by atoms with Crippen molar-refractivity contribution in [3.63, 3.8) is 0 Å². The van der Waals surface area contributed by atoms with Crippen molar-refractivity contribution in [3.8, 4) is 0 Å². The fourth-order valence-corrected chi connectivity index (χ4v) is 2.88. The van der Waals surface area contributed by atoms with Gasteiger partial charge in [-0.05, 0) is 36.7 Å². The molecule has 1 atom stereocenters. The van der Waals surface area contributed by atoms with Gasteiger partial charge in [0, 0.05) is 6.54 Å². The van der Waals surface area contributed by atoms with Crippen LogP contribution in [0, 0.1) is 5.41 Å². The van der Waals surface area contributed by atoms with E-state index in [0.717, 1.165) is 18.7 Å². The van der Waals surface area contributed by atoms with Crippen LogP contribution >= 0.6 is 11.8 Å². The molecule has 4 heteroatoms. The topological polar surface area (TPSA) is 55.1 Å². The lowest BCUT2D eigenvalue weighted by molar-refractivity contribution is -0.123. The number of nitrogens with one attached hydrogen (secondary N) is 1. The number of carbonyl (C=O) groups is 1. The van der Waals surface area contributed by atoms with Crippen LogP contribution in [0.3, 0.4) is 0 Å². The Labute approximate surface area is 109 Å². The summed E-state index contributed by atoms with van der Waals surface area (Å²) in [6.45, 7) is 3.07. The summed E-state index contributed by atoms with van der Waals surface area (Å²) in [4.78, 5) is 11.8. The van der Waals surface area contributed by atoms with Crippen LogP contribution < -0.4 is 11.1 Å². The Hall–Kier alpha value is -0.220. The highest BCUT2D eigenvalue weighted by Gasteiger charge is 2.27. The maximum atomic E-state index is 11.8. The Balaban J connectivity index is 2.26. The van der Waals surface area contributed by atoms with Gasteiger partial charge in [-0.25, -0.2) is 0 Å². The molecule has 0 aromatic carbocycles. The van der Waals surface area contributed by atoms with Crippen molar-refractivity contribution >= 4 is 17.7 Å². The molecule has 3 N–H and O–H groups in total. The summed E-state index contributed by atoms with van der Waals surface area (Å²) in [5.41, 5.74) is 6.14. The van der Waals surface area contributed by atoms with Crippen molar-refractivity contribution in [2.75, 3.05) is 18.6 Å². The van der Waals surface area contributed by atoms with Crippen molar-refractivity contribution < 1.29 is 4.79 Å². The number of thioether (sulfide) groups is 1. The number of carbonyl (C=O) groups excluding carboxylic acids is 1. The van der Waals surface area contributed by atoms with Gasteiger partial charge in [-0.15, -0.1) is 0 Å². The summed E-state index contributed by atoms with van der Waals surface area (Å²) in [5, 5.41) is 3.03. The molecule has 1 rings (SSSR count). The molecule has 1 aliphatic carbocycles. The van der Waals surface area contributed by atoms with Crippen LogP contribution in [0.25, 0.3) is 0 Å². The minimum atomic E-state index is -0.338. The van der Waals surface area contributed by atoms with E-state index in [1.807, 2.05) is 6.26 Å². The molecule has 0 aromatic rings. The molecule has 0 aromatic heterocycles. The molecule has 0 radical (unpaired) electrons. The molecule has 0 saturated heterocycles. The average molecular weight is 258 g/mol. The number of nitrogens with two attached hydrogens (primary N) is 1. The van der Waals surface area contributed by atoms with Crippen molar-refractivity contribution in [3.05, 3.63) is 0 Å². The first kappa shape index (κ1) is 14.8. The van der Waals surface area contributed by atoms with E-state index in [0.29, 0.717) is 5.41 Å². The summed E-state index contributed by atoms with van der Waals surface area (Å²) >= 11 is 1.73. The lowest BCUT2D eigenvalue weighted by Crippen LogP contribution is -2.45. The lowest BCUT2D eigenvalue weighted by atomic mass is 9.76. The highest BCUT2D eigenvalue weighted by molar-refractivity contribution is 7.98. The zero-order valence-electron chi connectivity index (χ0n) is 11.1. The van der Waals surface area contributed by atoms with Crippen molar-refractivity contribution in [1.29, 1.82) is 0 Å². The fourth-order valence-electron chi connectivity index (χ4n) is 2.39. The van der Waals surface area contributed by atoms with E-state index < -0.39 is 0 Å². The minimum absolute atomic E-state index is 0.0193. The maximum Gasteiger partial charge on any atom is 0.236 e. The van der Waals surface area contributed by atoms with E-state index in [1.165, 1.54) is 32.1 Å². The van der Waals surface area contributed by atoms with Crippen LogP contribution in [0.2, 0.25) is 0 Å². The monoisotopic (exact) mass is 258 g/mol. The molecule has 0 heterocycles. The Morgan fingerprint density at radius 2 is 2.06 bits per heavy atom. The fraction of sp³-hybridized carbons (Fsp3) is 0.923. The molecular formula is C13H26N2OS. The van der Waals surface area contributed by atoms with Gasteiger partial charge in [-0.2, -0.15) is 11.8 Å². The van der Waals surface area contributed by atoms with Gasteiger partial charge in [0.1, 0.15) is 0 Å². The van der Waals surface area contributed by atoms with Gasteiger partial charge in [0.05, 0.1) is 6.04 Å². The second-order valence-electron chi connectivity index (χ2n) is 5.48. The zero-order valence-corrected chi connectivity index (χ0v) is 11.9. The molecule has 17 heavy (non-hydrogen) atoms. The highest BCUT2D eigenvalue weighted by Crippen LogP contribution is 2.34. The van der Waals surface area contributed by atoms with Crippen molar-refractivity contribution in [2.24, 2.45) is 11.1 Å². The quantitative estimate of drug-likeness (QED) is 0.767. The van der Waals surface area contributed by atoms with E-state index in [1.54, 1.807) is 11.8 Å². The van der Waals surface area contributed by atoms with Crippen molar-refractivity contribution in [1.82, 2.24) is 5.32 Å². The van der Waals surface area contributed by atoms with E-state index in [9.17, 15) is 4.79 Å². The molecule has 1 fully saturated rings. The van der Waals surface area contributed by atoms with Crippen LogP contribution in [0.1, 0.15) is 45.4 Å². The van der Waals surface area contributed by atoms with Crippen LogP contribution in [0.15, 0.2) is 0 Å². The largest absolute Gasteiger partial charge is 0.354 e. The van der Waals surface area contributed by atoms with E-state index >= 15 is 0 Å². The molecule has 0 bridgehead atoms. The van der Waals surface area contributed by atoms with Gasteiger partial charge in [0.25, 0.3) is 0 Å². The molecule has 100 valence electrons. The number of rotatable bonds is 6. The molecule has 0 unspecified atom stereocenters. The average Bonchev–Trinajstić information content (AvgIpc) is 2.34. The lowest BCUT2D eigenvalue weighted by Gasteiger charge is -2.34. The molecule has 0 aliphatic heterocycles. The van der Waals surface area contributed by atoms with Gasteiger partial charge < -0.3 is 11.1 Å². The number of amides is 1. The molecule has 3 nitrogen and oxygen atoms in total. The predicted molar refractivity (Wildman–Crippen MR) is 75.2 cm³/mol. The zero-order chi connectivity index (χ0) is 12.7. The van der Waals surface area contributed by atoms with Gasteiger partial charge >= 0.3 is 0 Å². The van der Waals surface area contributed by atoms with Crippen LogP contribution in [0.4, 0.5) is 0 Å². The third-order valence-corrected chi connectivity index (χ3v) is 4.36. The Morgan fingerprint density at radius 1 is 1.41 bits per heavy atom. The minimum Gasteiger partial charge on any atom is -0.354 e. The first-order valence-corrected chi connectivity index (χ1v) is 7.99. The SMILES string of the molecule is CSCC[C@@H](N)C(=O)NCC1(C)CCCCC1. The predicted octanol–water partition coefficient (Wildman–Crippen LogP) is 2.15. The molecule has 1 saturated carbocycles. The molecular weight excluding hydrogens is 232 g/mol. The maximum absolute atomic E-state index is 11.8. The summed E-state index contributed by atoms with van der Waals surface area (Å²) in [6.07, 6.45) is 9.20. The normalized spacial score (nSPS) is 20.9. The van der Waals surface area contributed by atoms with Crippen LogP contribution in [-0.4, -0.2) is 30.5 Å². The Bertz CT molecular complexity index is 240. The van der Waals surface area contributed by atoms with E-state index in [2.05, 4.69) is 12.2 Å². The highest BCUT2D eigenvalue weighted by atomic mass is 32.2. The third kappa shape index (κ3) is 5.30. The Kier molecular flexibility index (Phi) is 6.34. The summed E-state index contributed by atoms with van der Waals surface area (Å²) in [5.74, 6) is 0.970. The van der Waals surface area contributed by atoms with Gasteiger partial charge in [-0.3, -0.25) is 4.79 Å². The molecule has 1 aliphatic rings. The van der Waals surface area contributed by atoms with Crippen LogP contribution in [-0.2, 0) is 4.79 Å². The summed E-state index contributed by atoms with van der Waals surface area (Å²) in [7, 11) is 0. The third-order valence-electron chi connectivity index (χ3n) is 3.72. The van der Waals surface area contributed by atoms with Gasteiger partial charge in [-0.1, -0.05) is 26.2 Å². The van der Waals surface area contributed by atoms with Crippen LogP contribution in [0.5, 0.6) is 0 Å². The van der Waals surface area contributed by atoms with E-state index in [4.69, 9.17) is 5.73 Å². The van der Waals surface area contributed by atoms with Gasteiger partial charge in [0.15, 0.2) is 0 Å². The van der Waals surface area contributed by atoms with E-state index in [-0.39, 0.29) is 11.9 Å². The Morgan fingerprint density at radius 3 is 2.65 bits per heavy atom.